The van der Waals surface area contributed by atoms with Crippen molar-refractivity contribution >= 4 is 49.5 Å². The highest BCUT2D eigenvalue weighted by atomic mass is 79.9. The maximum Gasteiger partial charge on any atom is 0.255 e. The lowest BCUT2D eigenvalue weighted by Gasteiger charge is -2.13. The maximum atomic E-state index is 5.43. The summed E-state index contributed by atoms with van der Waals surface area (Å²) in [5, 5.41) is 11.9. The Morgan fingerprint density at radius 2 is 1.77 bits per heavy atom. The van der Waals surface area contributed by atoms with E-state index in [9.17, 15) is 0 Å². The van der Waals surface area contributed by atoms with Crippen LogP contribution < -0.4 is 10.6 Å². The Kier molecular flexibility index (Phi) is 4.98. The molecule has 152 valence electrons. The fourth-order valence-corrected chi connectivity index (χ4v) is 3.74. The van der Waals surface area contributed by atoms with Crippen molar-refractivity contribution in [3.05, 3.63) is 65.0 Å². The van der Waals surface area contributed by atoms with Gasteiger partial charge in [-0.15, -0.1) is 6.42 Å². The molecule has 9 heteroatoms. The number of halogens is 1. The van der Waals surface area contributed by atoms with E-state index in [1.807, 2.05) is 48.5 Å². The van der Waals surface area contributed by atoms with Crippen molar-refractivity contribution in [2.24, 2.45) is 0 Å². The van der Waals surface area contributed by atoms with Crippen LogP contribution in [0.2, 0.25) is 0 Å². The van der Waals surface area contributed by atoms with E-state index in [0.29, 0.717) is 35.1 Å². The molecule has 3 aromatic heterocycles. The van der Waals surface area contributed by atoms with Gasteiger partial charge < -0.3 is 15.6 Å². The summed E-state index contributed by atoms with van der Waals surface area (Å²) >= 11 is 3.59. The standard InChI is InChI=1S/C22H17BrN8/c1-2-11-24-20-19(23)21(25-13-18-27-15-8-4-5-9-16(15)28-18)30-22(29-20)31-17-10-6-3-7-14(17)12-26-31/h1,3-10,12H,11,13H2,(H,27,28)(H2,24,25,29,30). The molecule has 0 amide bonds. The molecule has 0 saturated heterocycles. The minimum atomic E-state index is 0.331. The number of terminal acetylenes is 1. The highest BCUT2D eigenvalue weighted by Gasteiger charge is 2.16. The van der Waals surface area contributed by atoms with Crippen LogP contribution >= 0.6 is 15.9 Å². The zero-order valence-electron chi connectivity index (χ0n) is 16.3. The summed E-state index contributed by atoms with van der Waals surface area (Å²) in [4.78, 5) is 17.2. The van der Waals surface area contributed by atoms with Gasteiger partial charge in [0.1, 0.15) is 21.9 Å². The molecule has 0 radical (unpaired) electrons. The van der Waals surface area contributed by atoms with Crippen molar-refractivity contribution in [3.8, 4) is 18.3 Å². The van der Waals surface area contributed by atoms with E-state index >= 15 is 0 Å². The van der Waals surface area contributed by atoms with Gasteiger partial charge in [-0.3, -0.25) is 0 Å². The predicted molar refractivity (Wildman–Crippen MR) is 125 cm³/mol. The van der Waals surface area contributed by atoms with E-state index in [4.69, 9.17) is 11.4 Å². The molecule has 5 aromatic rings. The summed E-state index contributed by atoms with van der Waals surface area (Å²) in [6.45, 7) is 0.788. The molecule has 0 aliphatic heterocycles. The SMILES string of the molecule is C#CCNc1nc(-n2ncc3ccccc32)nc(NCc2nc3ccccc3[nH]2)c1Br. The summed E-state index contributed by atoms with van der Waals surface area (Å²) in [6, 6.07) is 15.8. The average Bonchev–Trinajstić information content (AvgIpc) is 3.41. The summed E-state index contributed by atoms with van der Waals surface area (Å²) in [5.74, 6) is 4.98. The topological polar surface area (TPSA) is 96.3 Å². The number of nitrogens with zero attached hydrogens (tertiary/aromatic N) is 5. The number of anilines is 2. The van der Waals surface area contributed by atoms with E-state index in [1.165, 1.54) is 0 Å². The quantitative estimate of drug-likeness (QED) is 0.321. The van der Waals surface area contributed by atoms with Crippen molar-refractivity contribution < 1.29 is 0 Å². The van der Waals surface area contributed by atoms with Gasteiger partial charge >= 0.3 is 0 Å². The zero-order valence-corrected chi connectivity index (χ0v) is 17.9. The molecule has 0 aliphatic carbocycles. The van der Waals surface area contributed by atoms with Crippen molar-refractivity contribution in [2.75, 3.05) is 17.2 Å². The van der Waals surface area contributed by atoms with Crippen LogP contribution in [0, 0.1) is 12.3 Å². The zero-order chi connectivity index (χ0) is 21.2. The summed E-state index contributed by atoms with van der Waals surface area (Å²) in [6.07, 6.45) is 7.21. The predicted octanol–water partition coefficient (Wildman–Crippen LogP) is 4.11. The Morgan fingerprint density at radius 1 is 1.00 bits per heavy atom. The normalized spacial score (nSPS) is 11.0. The van der Waals surface area contributed by atoms with Crippen LogP contribution in [-0.4, -0.2) is 36.3 Å². The second-order valence-corrected chi connectivity index (χ2v) is 7.55. The van der Waals surface area contributed by atoms with Crippen LogP contribution in [-0.2, 0) is 6.54 Å². The highest BCUT2D eigenvalue weighted by Crippen LogP contribution is 2.29. The number of fused-ring (bicyclic) bond motifs is 2. The molecule has 0 bridgehead atoms. The Balaban J connectivity index is 1.52. The third-order valence-corrected chi connectivity index (χ3v) is 5.48. The van der Waals surface area contributed by atoms with E-state index in [-0.39, 0.29) is 0 Å². The maximum absolute atomic E-state index is 5.43. The van der Waals surface area contributed by atoms with Crippen LogP contribution in [0.1, 0.15) is 5.82 Å². The molecule has 31 heavy (non-hydrogen) atoms. The minimum absolute atomic E-state index is 0.331. The molecule has 3 N–H and O–H groups in total. The van der Waals surface area contributed by atoms with Crippen molar-refractivity contribution in [3.63, 3.8) is 0 Å². The smallest absolute Gasteiger partial charge is 0.255 e. The molecule has 0 spiro atoms. The Bertz CT molecular complexity index is 1400. The fourth-order valence-electron chi connectivity index (χ4n) is 3.29. The third kappa shape index (κ3) is 3.69. The van der Waals surface area contributed by atoms with Crippen molar-refractivity contribution in [1.29, 1.82) is 0 Å². The highest BCUT2D eigenvalue weighted by molar-refractivity contribution is 9.10. The van der Waals surface area contributed by atoms with Gasteiger partial charge in [0.25, 0.3) is 5.95 Å². The number of para-hydroxylation sites is 3. The average molecular weight is 473 g/mol. The molecule has 0 aliphatic rings. The summed E-state index contributed by atoms with van der Waals surface area (Å²) in [7, 11) is 0. The number of benzene rings is 2. The number of aromatic amines is 1. The fraction of sp³-hybridized carbons (Fsp3) is 0.0909. The van der Waals surface area contributed by atoms with E-state index in [1.54, 1.807) is 10.9 Å². The number of imidazole rings is 1. The number of H-pyrrole nitrogens is 1. The number of nitrogens with one attached hydrogen (secondary N) is 3. The number of hydrogen-bond acceptors (Lipinski definition) is 6. The molecule has 2 aromatic carbocycles. The molecule has 3 heterocycles. The Hall–Kier alpha value is -3.90. The third-order valence-electron chi connectivity index (χ3n) is 4.73. The number of rotatable bonds is 6. The molecule has 0 unspecified atom stereocenters. The lowest BCUT2D eigenvalue weighted by molar-refractivity contribution is 0.830. The monoisotopic (exact) mass is 472 g/mol. The van der Waals surface area contributed by atoms with Gasteiger partial charge in [-0.2, -0.15) is 19.7 Å². The number of hydrogen-bond donors (Lipinski definition) is 3. The van der Waals surface area contributed by atoms with E-state index in [0.717, 1.165) is 27.8 Å². The van der Waals surface area contributed by atoms with Gasteiger partial charge in [-0.25, -0.2) is 4.98 Å². The molecular formula is C22H17BrN8. The first kappa shape index (κ1) is 19.1. The molecule has 0 fully saturated rings. The van der Waals surface area contributed by atoms with Gasteiger partial charge in [-0.05, 0) is 34.1 Å². The van der Waals surface area contributed by atoms with Gasteiger partial charge in [-0.1, -0.05) is 36.3 Å². The lowest BCUT2D eigenvalue weighted by Crippen LogP contribution is -2.12. The van der Waals surface area contributed by atoms with Crippen molar-refractivity contribution in [1.82, 2.24) is 29.7 Å². The van der Waals surface area contributed by atoms with Gasteiger partial charge in [0.2, 0.25) is 0 Å². The van der Waals surface area contributed by atoms with Crippen LogP contribution in [0.25, 0.3) is 27.9 Å². The molecule has 5 rings (SSSR count). The van der Waals surface area contributed by atoms with Crippen LogP contribution in [0.3, 0.4) is 0 Å². The first-order chi connectivity index (χ1) is 15.2. The molecule has 8 nitrogen and oxygen atoms in total. The van der Waals surface area contributed by atoms with Gasteiger partial charge in [0.15, 0.2) is 0 Å². The van der Waals surface area contributed by atoms with Gasteiger partial charge in [0.05, 0.1) is 35.8 Å². The van der Waals surface area contributed by atoms with E-state index in [2.05, 4.69) is 52.5 Å². The largest absolute Gasteiger partial charge is 0.362 e. The van der Waals surface area contributed by atoms with Crippen LogP contribution in [0.5, 0.6) is 0 Å². The Labute approximate surface area is 186 Å². The second-order valence-electron chi connectivity index (χ2n) is 6.76. The first-order valence-electron chi connectivity index (χ1n) is 9.58. The lowest BCUT2D eigenvalue weighted by atomic mass is 10.3. The molecule has 0 atom stereocenters. The molecule has 0 saturated carbocycles. The summed E-state index contributed by atoms with van der Waals surface area (Å²) in [5.41, 5.74) is 2.82. The van der Waals surface area contributed by atoms with Crippen LogP contribution in [0.15, 0.2) is 59.2 Å². The minimum Gasteiger partial charge on any atom is -0.362 e. The summed E-state index contributed by atoms with van der Waals surface area (Å²) < 4.78 is 2.38. The first-order valence-corrected chi connectivity index (χ1v) is 10.4. The second kappa shape index (κ2) is 8.08. The molecular weight excluding hydrogens is 456 g/mol. The van der Waals surface area contributed by atoms with E-state index < -0.39 is 0 Å². The number of aromatic nitrogens is 6. The van der Waals surface area contributed by atoms with Gasteiger partial charge in [0, 0.05) is 5.39 Å². The van der Waals surface area contributed by atoms with Crippen molar-refractivity contribution in [2.45, 2.75) is 6.54 Å². The van der Waals surface area contributed by atoms with Crippen LogP contribution in [0.4, 0.5) is 11.6 Å². The Morgan fingerprint density at radius 3 is 2.61 bits per heavy atom.